The van der Waals surface area contributed by atoms with E-state index in [1.165, 1.54) is 4.68 Å². The summed E-state index contributed by atoms with van der Waals surface area (Å²) in [6.07, 6.45) is 0. The summed E-state index contributed by atoms with van der Waals surface area (Å²) in [5, 5.41) is 0. The third-order valence-corrected chi connectivity index (χ3v) is 1.76. The van der Waals surface area contributed by atoms with Crippen molar-refractivity contribution in [1.82, 2.24) is 4.68 Å². The van der Waals surface area contributed by atoms with Crippen LogP contribution in [-0.4, -0.2) is 4.68 Å². The summed E-state index contributed by atoms with van der Waals surface area (Å²) in [7, 11) is 0. The lowest BCUT2D eigenvalue weighted by Gasteiger charge is -2.03. The molecule has 1 rings (SSSR count). The highest BCUT2D eigenvalue weighted by molar-refractivity contribution is 5.54. The second-order valence-corrected chi connectivity index (χ2v) is 2.93. The Kier molecular flexibility index (Phi) is 1.68. The number of aromatic nitrogens is 1. The molecule has 0 saturated carbocycles. The first-order valence-corrected chi connectivity index (χ1v) is 3.55. The maximum Gasteiger partial charge on any atom is 0.127 e. The molecule has 1 aromatic heterocycles. The van der Waals surface area contributed by atoms with Gasteiger partial charge in [0, 0.05) is 5.56 Å². The fourth-order valence-electron chi connectivity index (χ4n) is 1.04. The Balaban J connectivity index is 3.19. The van der Waals surface area contributed by atoms with Crippen LogP contribution >= 0.6 is 0 Å². The van der Waals surface area contributed by atoms with Crippen LogP contribution in [0.4, 0.5) is 11.6 Å². The van der Waals surface area contributed by atoms with Crippen LogP contribution in [0.2, 0.25) is 0 Å². The van der Waals surface area contributed by atoms with Gasteiger partial charge in [0.2, 0.25) is 0 Å². The predicted octanol–water partition coefficient (Wildman–Crippen LogP) is 0.490. The highest BCUT2D eigenvalue weighted by Crippen LogP contribution is 2.24. The van der Waals surface area contributed by atoms with E-state index in [9.17, 15) is 0 Å². The van der Waals surface area contributed by atoms with Crippen molar-refractivity contribution in [2.24, 2.45) is 0 Å². The normalized spacial score (nSPS) is 10.8. The molecule has 11 heavy (non-hydrogen) atoms. The van der Waals surface area contributed by atoms with Crippen LogP contribution in [0.5, 0.6) is 0 Å². The molecule has 1 aromatic rings. The SMILES string of the molecule is CC(C)c1cc(N)n(N)c1N. The fraction of sp³-hybridized carbons (Fsp3) is 0.429. The molecule has 4 nitrogen and oxygen atoms in total. The minimum atomic E-state index is 0.363. The summed E-state index contributed by atoms with van der Waals surface area (Å²) in [4.78, 5) is 0. The molecule has 0 aliphatic heterocycles. The van der Waals surface area contributed by atoms with Gasteiger partial charge in [-0.05, 0) is 12.0 Å². The zero-order valence-corrected chi connectivity index (χ0v) is 6.83. The van der Waals surface area contributed by atoms with Crippen LogP contribution in [0, 0.1) is 0 Å². The van der Waals surface area contributed by atoms with E-state index in [2.05, 4.69) is 0 Å². The van der Waals surface area contributed by atoms with Crippen LogP contribution < -0.4 is 17.3 Å². The molecule has 0 amide bonds. The van der Waals surface area contributed by atoms with Gasteiger partial charge in [-0.15, -0.1) is 0 Å². The number of nitrogens with two attached hydrogens (primary N) is 3. The number of rotatable bonds is 1. The first-order chi connectivity index (χ1) is 5.04. The van der Waals surface area contributed by atoms with Crippen LogP contribution in [0.15, 0.2) is 6.07 Å². The van der Waals surface area contributed by atoms with E-state index in [1.807, 2.05) is 13.8 Å². The van der Waals surface area contributed by atoms with E-state index < -0.39 is 0 Å². The number of hydrogen-bond donors (Lipinski definition) is 3. The molecule has 0 aliphatic rings. The second-order valence-electron chi connectivity index (χ2n) is 2.93. The van der Waals surface area contributed by atoms with Gasteiger partial charge in [-0.3, -0.25) is 0 Å². The zero-order valence-electron chi connectivity index (χ0n) is 6.83. The van der Waals surface area contributed by atoms with Crippen LogP contribution in [-0.2, 0) is 0 Å². The minimum Gasteiger partial charge on any atom is -0.384 e. The molecule has 62 valence electrons. The highest BCUT2D eigenvalue weighted by Gasteiger charge is 2.10. The van der Waals surface area contributed by atoms with Crippen molar-refractivity contribution in [1.29, 1.82) is 0 Å². The molecule has 0 atom stereocenters. The van der Waals surface area contributed by atoms with Crippen molar-refractivity contribution in [2.45, 2.75) is 19.8 Å². The summed E-state index contributed by atoms with van der Waals surface area (Å²) in [5.41, 5.74) is 12.2. The maximum atomic E-state index is 5.66. The highest BCUT2D eigenvalue weighted by atomic mass is 15.3. The third kappa shape index (κ3) is 1.11. The predicted molar refractivity (Wildman–Crippen MR) is 47.5 cm³/mol. The maximum absolute atomic E-state index is 5.66. The van der Waals surface area contributed by atoms with Crippen molar-refractivity contribution in [3.05, 3.63) is 11.6 Å². The van der Waals surface area contributed by atoms with Gasteiger partial charge in [0.15, 0.2) is 0 Å². The smallest absolute Gasteiger partial charge is 0.127 e. The standard InChI is InChI=1S/C7H14N4/c1-4(2)5-3-6(8)11(10)7(5)9/h3-4H,8-10H2,1-2H3. The number of anilines is 2. The van der Waals surface area contributed by atoms with Gasteiger partial charge in [0.25, 0.3) is 0 Å². The van der Waals surface area contributed by atoms with Gasteiger partial charge in [0.05, 0.1) is 0 Å². The van der Waals surface area contributed by atoms with Crippen molar-refractivity contribution in [2.75, 3.05) is 17.3 Å². The quantitative estimate of drug-likeness (QED) is 0.515. The van der Waals surface area contributed by atoms with Gasteiger partial charge in [-0.1, -0.05) is 13.8 Å². The van der Waals surface area contributed by atoms with Gasteiger partial charge < -0.3 is 17.3 Å². The molecule has 0 bridgehead atoms. The van der Waals surface area contributed by atoms with Gasteiger partial charge in [-0.25, -0.2) is 4.68 Å². The zero-order chi connectivity index (χ0) is 8.59. The fourth-order valence-corrected chi connectivity index (χ4v) is 1.04. The van der Waals surface area contributed by atoms with Gasteiger partial charge >= 0.3 is 0 Å². The molecule has 0 aliphatic carbocycles. The molecule has 0 aromatic carbocycles. The van der Waals surface area contributed by atoms with Gasteiger partial charge in [0.1, 0.15) is 11.6 Å². The summed E-state index contributed by atoms with van der Waals surface area (Å²) in [6, 6.07) is 1.81. The van der Waals surface area contributed by atoms with Crippen LogP contribution in [0.1, 0.15) is 25.3 Å². The molecule has 6 N–H and O–H groups in total. The molecule has 0 saturated heterocycles. The summed E-state index contributed by atoms with van der Waals surface area (Å²) in [5.74, 6) is 6.93. The van der Waals surface area contributed by atoms with E-state index in [4.69, 9.17) is 17.3 Å². The molecule has 0 spiro atoms. The lowest BCUT2D eigenvalue weighted by molar-refractivity contribution is 0.866. The largest absolute Gasteiger partial charge is 0.384 e. The second kappa shape index (κ2) is 2.38. The number of nitrogens with zero attached hydrogens (tertiary/aromatic N) is 1. The summed E-state index contributed by atoms with van der Waals surface area (Å²) < 4.78 is 1.30. The molecule has 0 fully saturated rings. The molecule has 1 heterocycles. The van der Waals surface area contributed by atoms with E-state index in [0.29, 0.717) is 17.6 Å². The van der Waals surface area contributed by atoms with Gasteiger partial charge in [-0.2, -0.15) is 0 Å². The van der Waals surface area contributed by atoms with Crippen molar-refractivity contribution in [3.63, 3.8) is 0 Å². The molecule has 0 radical (unpaired) electrons. The number of nitrogen functional groups attached to an aromatic ring is 3. The molecular weight excluding hydrogens is 140 g/mol. The Morgan fingerprint density at radius 2 is 1.91 bits per heavy atom. The van der Waals surface area contributed by atoms with E-state index in [1.54, 1.807) is 6.07 Å². The Morgan fingerprint density at radius 1 is 1.36 bits per heavy atom. The van der Waals surface area contributed by atoms with Crippen molar-refractivity contribution in [3.8, 4) is 0 Å². The average Bonchev–Trinajstić information content (AvgIpc) is 2.17. The Bertz CT molecular complexity index is 262. The van der Waals surface area contributed by atoms with E-state index >= 15 is 0 Å². The number of hydrogen-bond acceptors (Lipinski definition) is 3. The van der Waals surface area contributed by atoms with Crippen LogP contribution in [0.25, 0.3) is 0 Å². The average molecular weight is 154 g/mol. The lowest BCUT2D eigenvalue weighted by Crippen LogP contribution is -2.14. The van der Waals surface area contributed by atoms with Crippen LogP contribution in [0.3, 0.4) is 0 Å². The Labute approximate surface area is 65.9 Å². The first-order valence-electron chi connectivity index (χ1n) is 3.55. The summed E-state index contributed by atoms with van der Waals surface area (Å²) >= 11 is 0. The topological polar surface area (TPSA) is 83.0 Å². The van der Waals surface area contributed by atoms with Crippen molar-refractivity contribution >= 4 is 11.6 Å². The Hall–Kier alpha value is -1.32. The van der Waals surface area contributed by atoms with E-state index in [0.717, 1.165) is 5.56 Å². The first kappa shape index (κ1) is 7.78. The monoisotopic (exact) mass is 154 g/mol. The van der Waals surface area contributed by atoms with E-state index in [-0.39, 0.29) is 0 Å². The molecule has 0 unspecified atom stereocenters. The lowest BCUT2D eigenvalue weighted by atomic mass is 10.1. The van der Waals surface area contributed by atoms with Crippen molar-refractivity contribution < 1.29 is 0 Å². The summed E-state index contributed by atoms with van der Waals surface area (Å²) in [6.45, 7) is 4.09. The minimum absolute atomic E-state index is 0.363. The Morgan fingerprint density at radius 3 is 2.09 bits per heavy atom. The molecule has 4 heteroatoms. The molecular formula is C7H14N4. The third-order valence-electron chi connectivity index (χ3n) is 1.76.